The van der Waals surface area contributed by atoms with Crippen molar-refractivity contribution >= 4 is 5.91 Å². The van der Waals surface area contributed by atoms with Crippen LogP contribution >= 0.6 is 0 Å². The number of hydrogen-bond acceptors (Lipinski definition) is 6. The van der Waals surface area contributed by atoms with Crippen molar-refractivity contribution in [3.63, 3.8) is 0 Å². The first-order chi connectivity index (χ1) is 16.2. The Morgan fingerprint density at radius 2 is 2.03 bits per heavy atom. The fraction of sp³-hybridized carbons (Fsp3) is 0.440. The van der Waals surface area contributed by atoms with Gasteiger partial charge in [0.2, 0.25) is 0 Å². The molecule has 1 amide bonds. The summed E-state index contributed by atoms with van der Waals surface area (Å²) in [4.78, 5) is 21.7. The number of aryl methyl sites for hydroxylation is 2. The maximum Gasteiger partial charge on any atom is 0.251 e. The smallest absolute Gasteiger partial charge is 0.251 e. The van der Waals surface area contributed by atoms with Crippen LogP contribution in [0.2, 0.25) is 0 Å². The van der Waals surface area contributed by atoms with Crippen molar-refractivity contribution in [1.29, 1.82) is 0 Å². The summed E-state index contributed by atoms with van der Waals surface area (Å²) in [5, 5.41) is 7.79. The molecule has 3 aromatic rings. The molecule has 0 radical (unpaired) electrons. The van der Waals surface area contributed by atoms with Gasteiger partial charge in [-0.1, -0.05) is 6.07 Å². The van der Waals surface area contributed by atoms with Gasteiger partial charge < -0.3 is 14.8 Å². The number of nitrogens with zero attached hydrogens (tertiary/aromatic N) is 4. The van der Waals surface area contributed by atoms with Crippen LogP contribution in [0, 0.1) is 0 Å². The molecule has 8 heteroatoms. The van der Waals surface area contributed by atoms with Gasteiger partial charge in [-0.3, -0.25) is 19.4 Å². The Hall–Kier alpha value is -3.10. The predicted molar refractivity (Wildman–Crippen MR) is 121 cm³/mol. The molecule has 3 aliphatic rings. The largest absolute Gasteiger partial charge is 0.376 e. The zero-order chi connectivity index (χ0) is 22.2. The molecule has 1 atom stereocenters. The summed E-state index contributed by atoms with van der Waals surface area (Å²) in [7, 11) is 0. The molecular weight excluding hydrogens is 418 g/mol. The third-order valence-corrected chi connectivity index (χ3v) is 6.55. The molecule has 2 aromatic heterocycles. The van der Waals surface area contributed by atoms with Crippen LogP contribution < -0.4 is 5.32 Å². The molecule has 1 aliphatic heterocycles. The van der Waals surface area contributed by atoms with Crippen molar-refractivity contribution in [2.75, 3.05) is 19.8 Å². The van der Waals surface area contributed by atoms with Crippen molar-refractivity contribution < 1.29 is 14.3 Å². The number of rotatable bonds is 6. The monoisotopic (exact) mass is 445 g/mol. The number of carbonyl (C=O) groups excluding carboxylic acids is 1. The molecule has 1 saturated heterocycles. The van der Waals surface area contributed by atoms with E-state index in [0.29, 0.717) is 44.4 Å². The Kier molecular flexibility index (Phi) is 5.39. The Labute approximate surface area is 192 Å². The lowest BCUT2D eigenvalue weighted by atomic mass is 9.89. The molecule has 6 rings (SSSR count). The molecule has 170 valence electrons. The quantitative estimate of drug-likeness (QED) is 0.627. The van der Waals surface area contributed by atoms with Gasteiger partial charge >= 0.3 is 0 Å². The highest BCUT2D eigenvalue weighted by molar-refractivity contribution is 5.95. The molecule has 8 nitrogen and oxygen atoms in total. The predicted octanol–water partition coefficient (Wildman–Crippen LogP) is 2.66. The van der Waals surface area contributed by atoms with Crippen LogP contribution in [0.25, 0.3) is 11.3 Å². The molecule has 0 unspecified atom stereocenters. The first-order valence-corrected chi connectivity index (χ1v) is 11.7. The van der Waals surface area contributed by atoms with Gasteiger partial charge in [0.25, 0.3) is 5.91 Å². The molecule has 3 heterocycles. The van der Waals surface area contributed by atoms with Crippen molar-refractivity contribution in [2.45, 2.75) is 50.8 Å². The first kappa shape index (κ1) is 20.5. The van der Waals surface area contributed by atoms with E-state index in [0.717, 1.165) is 41.1 Å². The Balaban J connectivity index is 1.13. The lowest BCUT2D eigenvalue weighted by molar-refractivity contribution is -0.0946. The van der Waals surface area contributed by atoms with Gasteiger partial charge in [-0.2, -0.15) is 5.10 Å². The average Bonchev–Trinajstić information content (AvgIpc) is 3.62. The number of hydrogen-bond donors (Lipinski definition) is 1. The molecule has 2 aliphatic carbocycles. The van der Waals surface area contributed by atoms with Crippen molar-refractivity contribution in [2.24, 2.45) is 0 Å². The number of fused-ring (bicyclic) bond motifs is 3. The van der Waals surface area contributed by atoms with Crippen LogP contribution in [0.3, 0.4) is 0 Å². The standard InChI is InChI=1S/C25H27N5O3/c31-25(28-11-20-10-27-23(12-26-20)16-1-2-16)18-5-6-22-17(9-18)3-4-19-13-30(29-24(19)22)14-21-15-32-7-8-33-21/h5-6,9-10,12-13,16,21H,1-4,7-8,11,14-15H2,(H,28,31)/t21-/m0/s1. The van der Waals surface area contributed by atoms with Gasteiger partial charge in [0.15, 0.2) is 0 Å². The topological polar surface area (TPSA) is 91.2 Å². The second kappa shape index (κ2) is 8.68. The third-order valence-electron chi connectivity index (χ3n) is 6.55. The zero-order valence-electron chi connectivity index (χ0n) is 18.5. The van der Waals surface area contributed by atoms with Gasteiger partial charge in [-0.25, -0.2) is 0 Å². The SMILES string of the molecule is O=C(NCc1cnc(C2CC2)cn1)c1ccc2c(c1)CCc1cn(C[C@H]3COCCO3)nc1-2. The Morgan fingerprint density at radius 1 is 1.12 bits per heavy atom. The summed E-state index contributed by atoms with van der Waals surface area (Å²) in [6, 6.07) is 5.89. The van der Waals surface area contributed by atoms with E-state index in [1.54, 1.807) is 6.20 Å². The maximum absolute atomic E-state index is 12.8. The lowest BCUT2D eigenvalue weighted by Crippen LogP contribution is -2.32. The van der Waals surface area contributed by atoms with Crippen LogP contribution in [0.5, 0.6) is 0 Å². The Morgan fingerprint density at radius 3 is 2.82 bits per heavy atom. The molecular formula is C25H27N5O3. The number of nitrogens with one attached hydrogen (secondary N) is 1. The van der Waals surface area contributed by atoms with Gasteiger partial charge in [0.05, 0.1) is 56.2 Å². The highest BCUT2D eigenvalue weighted by atomic mass is 16.6. The van der Waals surface area contributed by atoms with E-state index in [1.165, 1.54) is 18.4 Å². The van der Waals surface area contributed by atoms with E-state index in [-0.39, 0.29) is 12.0 Å². The van der Waals surface area contributed by atoms with Crippen LogP contribution in [-0.2, 0) is 35.4 Å². The number of amides is 1. The van der Waals surface area contributed by atoms with Crippen molar-refractivity contribution in [3.05, 3.63) is 64.9 Å². The second-order valence-electron chi connectivity index (χ2n) is 9.05. The van der Waals surface area contributed by atoms with Gasteiger partial charge in [-0.05, 0) is 48.9 Å². The zero-order valence-corrected chi connectivity index (χ0v) is 18.5. The fourth-order valence-electron chi connectivity index (χ4n) is 4.58. The number of carbonyl (C=O) groups is 1. The average molecular weight is 446 g/mol. The van der Waals surface area contributed by atoms with E-state index < -0.39 is 0 Å². The molecule has 0 spiro atoms. The van der Waals surface area contributed by atoms with E-state index in [9.17, 15) is 4.79 Å². The molecule has 1 aromatic carbocycles. The van der Waals surface area contributed by atoms with Crippen molar-refractivity contribution in [3.8, 4) is 11.3 Å². The minimum atomic E-state index is -0.100. The first-order valence-electron chi connectivity index (χ1n) is 11.7. The van der Waals surface area contributed by atoms with E-state index >= 15 is 0 Å². The number of ether oxygens (including phenoxy) is 2. The van der Waals surface area contributed by atoms with Crippen LogP contribution in [0.15, 0.2) is 36.8 Å². The molecule has 33 heavy (non-hydrogen) atoms. The van der Waals surface area contributed by atoms with Crippen LogP contribution in [0.1, 0.15) is 51.6 Å². The molecule has 2 fully saturated rings. The summed E-state index contributed by atoms with van der Waals surface area (Å²) in [5.41, 5.74) is 7.00. The summed E-state index contributed by atoms with van der Waals surface area (Å²) in [6.45, 7) is 2.96. The van der Waals surface area contributed by atoms with Gasteiger partial charge in [0.1, 0.15) is 6.10 Å². The van der Waals surface area contributed by atoms with E-state index in [2.05, 4.69) is 21.5 Å². The van der Waals surface area contributed by atoms with E-state index in [4.69, 9.17) is 14.6 Å². The minimum absolute atomic E-state index is 0.0419. The lowest BCUT2D eigenvalue weighted by Gasteiger charge is -2.22. The number of aromatic nitrogens is 4. The molecule has 0 bridgehead atoms. The van der Waals surface area contributed by atoms with Crippen LogP contribution in [-0.4, -0.2) is 51.6 Å². The fourth-order valence-corrected chi connectivity index (χ4v) is 4.58. The normalized spacial score (nSPS) is 19.6. The molecule has 1 saturated carbocycles. The van der Waals surface area contributed by atoms with Crippen LogP contribution in [0.4, 0.5) is 0 Å². The number of benzene rings is 1. The highest BCUT2D eigenvalue weighted by Gasteiger charge is 2.25. The maximum atomic E-state index is 12.8. The van der Waals surface area contributed by atoms with Crippen molar-refractivity contribution in [1.82, 2.24) is 25.1 Å². The Bertz CT molecular complexity index is 1160. The summed E-state index contributed by atoms with van der Waals surface area (Å²) < 4.78 is 13.2. The minimum Gasteiger partial charge on any atom is -0.376 e. The second-order valence-corrected chi connectivity index (χ2v) is 9.05. The third kappa shape index (κ3) is 4.41. The highest BCUT2D eigenvalue weighted by Crippen LogP contribution is 2.38. The summed E-state index contributed by atoms with van der Waals surface area (Å²) in [5.74, 6) is 0.481. The summed E-state index contributed by atoms with van der Waals surface area (Å²) >= 11 is 0. The van der Waals surface area contributed by atoms with Gasteiger partial charge in [-0.15, -0.1) is 0 Å². The summed E-state index contributed by atoms with van der Waals surface area (Å²) in [6.07, 6.45) is 9.98. The molecule has 1 N–H and O–H groups in total. The van der Waals surface area contributed by atoms with E-state index in [1.807, 2.05) is 29.1 Å². The van der Waals surface area contributed by atoms with Gasteiger partial charge in [0, 0.05) is 29.4 Å².